The molecule has 1 aromatic carbocycles. The fraction of sp³-hybridized carbons (Fsp3) is 0.476. The maximum absolute atomic E-state index is 12.2. The number of hydrogen-bond acceptors (Lipinski definition) is 6. The van der Waals surface area contributed by atoms with Gasteiger partial charge in [0.25, 0.3) is 5.91 Å². The number of piperidine rings is 1. The molecule has 2 heterocycles. The van der Waals surface area contributed by atoms with E-state index < -0.39 is 0 Å². The molecular weight excluding hydrogens is 356 g/mol. The van der Waals surface area contributed by atoms with Gasteiger partial charge in [-0.25, -0.2) is 4.98 Å². The fourth-order valence-electron chi connectivity index (χ4n) is 3.18. The number of hydrogen-bond donors (Lipinski definition) is 1. The highest BCUT2D eigenvalue weighted by Crippen LogP contribution is 2.21. The number of aryl methyl sites for hydroxylation is 1. The maximum Gasteiger partial charge on any atom is 0.251 e. The first-order valence-electron chi connectivity index (χ1n) is 9.90. The molecule has 0 atom stereocenters. The molecule has 7 nitrogen and oxygen atoms in total. The topological polar surface area (TPSA) is 76.6 Å². The summed E-state index contributed by atoms with van der Waals surface area (Å²) in [5.74, 6) is 2.77. The largest absolute Gasteiger partial charge is 0.494 e. The number of carbonyl (C=O) groups is 1. The van der Waals surface area contributed by atoms with Crippen molar-refractivity contribution >= 4 is 11.7 Å². The van der Waals surface area contributed by atoms with Crippen LogP contribution in [-0.4, -0.2) is 48.7 Å². The van der Waals surface area contributed by atoms with Crippen LogP contribution in [-0.2, 0) is 0 Å². The summed E-state index contributed by atoms with van der Waals surface area (Å²) in [5.41, 5.74) is 0.591. The third kappa shape index (κ3) is 5.58. The summed E-state index contributed by atoms with van der Waals surface area (Å²) in [6.45, 7) is 7.18. The Labute approximate surface area is 166 Å². The van der Waals surface area contributed by atoms with Crippen molar-refractivity contribution in [2.75, 3.05) is 37.7 Å². The van der Waals surface area contributed by atoms with Gasteiger partial charge in [0.1, 0.15) is 24.0 Å². The van der Waals surface area contributed by atoms with E-state index in [0.29, 0.717) is 37.0 Å². The first-order valence-corrected chi connectivity index (χ1v) is 9.90. The van der Waals surface area contributed by atoms with Gasteiger partial charge in [-0.1, -0.05) is 0 Å². The molecule has 0 spiro atoms. The van der Waals surface area contributed by atoms with E-state index in [1.165, 1.54) is 19.3 Å². The Morgan fingerprint density at radius 3 is 2.57 bits per heavy atom. The first-order chi connectivity index (χ1) is 13.7. The minimum absolute atomic E-state index is 0.139. The van der Waals surface area contributed by atoms with E-state index in [4.69, 9.17) is 9.47 Å². The minimum atomic E-state index is -0.139. The van der Waals surface area contributed by atoms with Crippen molar-refractivity contribution < 1.29 is 14.3 Å². The predicted molar refractivity (Wildman–Crippen MR) is 108 cm³/mol. The van der Waals surface area contributed by atoms with E-state index in [1.54, 1.807) is 24.3 Å². The van der Waals surface area contributed by atoms with E-state index in [9.17, 15) is 4.79 Å². The number of nitrogens with one attached hydrogen (secondary N) is 1. The smallest absolute Gasteiger partial charge is 0.251 e. The van der Waals surface area contributed by atoms with Crippen molar-refractivity contribution in [2.45, 2.75) is 33.1 Å². The SMILES string of the molecule is CCOc1ccc(C(=O)NCCOc2cc(N3CCCCC3)nc(C)n2)cc1. The highest BCUT2D eigenvalue weighted by molar-refractivity contribution is 5.94. The Bertz CT molecular complexity index is 774. The molecule has 28 heavy (non-hydrogen) atoms. The second kappa shape index (κ2) is 9.92. The highest BCUT2D eigenvalue weighted by atomic mass is 16.5. The molecule has 150 valence electrons. The van der Waals surface area contributed by atoms with Crippen LogP contribution in [0.3, 0.4) is 0 Å². The Kier molecular flexibility index (Phi) is 7.06. The molecule has 7 heteroatoms. The normalized spacial score (nSPS) is 13.9. The maximum atomic E-state index is 12.2. The van der Waals surface area contributed by atoms with Gasteiger partial charge in [0.2, 0.25) is 5.88 Å². The minimum Gasteiger partial charge on any atom is -0.494 e. The van der Waals surface area contributed by atoms with Gasteiger partial charge in [0, 0.05) is 24.7 Å². The number of rotatable bonds is 8. The standard InChI is InChI=1S/C21H28N4O3/c1-3-27-18-9-7-17(8-10-18)21(26)22-11-14-28-20-15-19(23-16(2)24-20)25-12-5-4-6-13-25/h7-10,15H,3-6,11-14H2,1-2H3,(H,22,26). The quantitative estimate of drug-likeness (QED) is 0.705. The van der Waals surface area contributed by atoms with Crippen LogP contribution in [0.2, 0.25) is 0 Å². The average Bonchev–Trinajstić information content (AvgIpc) is 2.72. The average molecular weight is 384 g/mol. The number of carbonyl (C=O) groups excluding carboxylic acids is 1. The molecule has 0 radical (unpaired) electrons. The van der Waals surface area contributed by atoms with E-state index in [-0.39, 0.29) is 5.91 Å². The van der Waals surface area contributed by atoms with Gasteiger partial charge >= 0.3 is 0 Å². The molecule has 1 aliphatic rings. The number of ether oxygens (including phenoxy) is 2. The molecule has 1 saturated heterocycles. The first kappa shape index (κ1) is 19.9. The third-order valence-electron chi connectivity index (χ3n) is 4.55. The van der Waals surface area contributed by atoms with E-state index in [2.05, 4.69) is 20.2 Å². The van der Waals surface area contributed by atoms with Gasteiger partial charge in [0.15, 0.2) is 0 Å². The lowest BCUT2D eigenvalue weighted by molar-refractivity contribution is 0.0946. The zero-order valence-corrected chi connectivity index (χ0v) is 16.6. The lowest BCUT2D eigenvalue weighted by Gasteiger charge is -2.28. The molecule has 1 aliphatic heterocycles. The highest BCUT2D eigenvalue weighted by Gasteiger charge is 2.14. The van der Waals surface area contributed by atoms with Crippen molar-refractivity contribution in [1.29, 1.82) is 0 Å². The number of aromatic nitrogens is 2. The summed E-state index contributed by atoms with van der Waals surface area (Å²) in [7, 11) is 0. The summed E-state index contributed by atoms with van der Waals surface area (Å²) < 4.78 is 11.1. The van der Waals surface area contributed by atoms with Gasteiger partial charge in [0.05, 0.1) is 13.2 Å². The van der Waals surface area contributed by atoms with Crippen molar-refractivity contribution in [3.8, 4) is 11.6 Å². The van der Waals surface area contributed by atoms with Crippen LogP contribution in [0.25, 0.3) is 0 Å². The second-order valence-corrected chi connectivity index (χ2v) is 6.72. The molecule has 2 aromatic rings. The van der Waals surface area contributed by atoms with Crippen LogP contribution in [0.15, 0.2) is 30.3 Å². The zero-order valence-electron chi connectivity index (χ0n) is 16.6. The van der Waals surface area contributed by atoms with Crippen LogP contribution in [0, 0.1) is 6.92 Å². The lowest BCUT2D eigenvalue weighted by atomic mass is 10.1. The fourth-order valence-corrected chi connectivity index (χ4v) is 3.18. The van der Waals surface area contributed by atoms with Crippen LogP contribution >= 0.6 is 0 Å². The second-order valence-electron chi connectivity index (χ2n) is 6.72. The zero-order chi connectivity index (χ0) is 19.8. The molecular formula is C21H28N4O3. The van der Waals surface area contributed by atoms with Crippen molar-refractivity contribution in [3.05, 3.63) is 41.7 Å². The van der Waals surface area contributed by atoms with Crippen molar-refractivity contribution in [2.24, 2.45) is 0 Å². The molecule has 1 N–H and O–H groups in total. The summed E-state index contributed by atoms with van der Waals surface area (Å²) in [6.07, 6.45) is 3.66. The molecule has 0 saturated carbocycles. The number of amides is 1. The van der Waals surface area contributed by atoms with Gasteiger partial charge < -0.3 is 19.7 Å². The number of benzene rings is 1. The Balaban J connectivity index is 1.48. The van der Waals surface area contributed by atoms with Gasteiger partial charge in [-0.2, -0.15) is 4.98 Å². The Morgan fingerprint density at radius 2 is 1.86 bits per heavy atom. The van der Waals surface area contributed by atoms with Crippen molar-refractivity contribution in [1.82, 2.24) is 15.3 Å². The summed E-state index contributed by atoms with van der Waals surface area (Å²) in [4.78, 5) is 23.3. The van der Waals surface area contributed by atoms with E-state index in [1.807, 2.05) is 19.9 Å². The van der Waals surface area contributed by atoms with Crippen LogP contribution in [0.4, 0.5) is 5.82 Å². The van der Waals surface area contributed by atoms with Crippen LogP contribution in [0.5, 0.6) is 11.6 Å². The van der Waals surface area contributed by atoms with Gasteiger partial charge in [-0.05, 0) is 57.4 Å². The molecule has 0 bridgehead atoms. The number of anilines is 1. The van der Waals surface area contributed by atoms with Crippen LogP contribution in [0.1, 0.15) is 42.4 Å². The lowest BCUT2D eigenvalue weighted by Crippen LogP contribution is -2.30. The molecule has 1 aromatic heterocycles. The van der Waals surface area contributed by atoms with Crippen LogP contribution < -0.4 is 19.7 Å². The van der Waals surface area contributed by atoms with E-state index in [0.717, 1.165) is 24.7 Å². The number of nitrogens with zero attached hydrogens (tertiary/aromatic N) is 3. The summed E-state index contributed by atoms with van der Waals surface area (Å²) in [5, 5.41) is 2.85. The molecule has 1 amide bonds. The third-order valence-corrected chi connectivity index (χ3v) is 4.55. The molecule has 0 aliphatic carbocycles. The predicted octanol–water partition coefficient (Wildman–Crippen LogP) is 2.98. The molecule has 0 unspecified atom stereocenters. The molecule has 3 rings (SSSR count). The Hall–Kier alpha value is -2.83. The summed E-state index contributed by atoms with van der Waals surface area (Å²) >= 11 is 0. The molecule has 1 fully saturated rings. The van der Waals surface area contributed by atoms with Gasteiger partial charge in [-0.3, -0.25) is 4.79 Å². The Morgan fingerprint density at radius 1 is 1.11 bits per heavy atom. The summed E-state index contributed by atoms with van der Waals surface area (Å²) in [6, 6.07) is 8.97. The van der Waals surface area contributed by atoms with Gasteiger partial charge in [-0.15, -0.1) is 0 Å². The monoisotopic (exact) mass is 384 g/mol. The van der Waals surface area contributed by atoms with Crippen molar-refractivity contribution in [3.63, 3.8) is 0 Å². The van der Waals surface area contributed by atoms with E-state index >= 15 is 0 Å².